The van der Waals surface area contributed by atoms with Gasteiger partial charge in [-0.3, -0.25) is 0 Å². The van der Waals surface area contributed by atoms with E-state index in [1.807, 2.05) is 30.3 Å². The van der Waals surface area contributed by atoms with Gasteiger partial charge < -0.3 is 5.32 Å². The summed E-state index contributed by atoms with van der Waals surface area (Å²) in [5.41, 5.74) is 0.998. The molecule has 70 valence electrons. The molecule has 0 aliphatic rings. The zero-order chi connectivity index (χ0) is 9.80. The summed E-state index contributed by atoms with van der Waals surface area (Å²) in [6, 6.07) is 9.73. The highest BCUT2D eigenvalue weighted by Crippen LogP contribution is 2.18. The van der Waals surface area contributed by atoms with Crippen LogP contribution >= 0.6 is 15.9 Å². The second kappa shape index (κ2) is 4.19. The Bertz CT molecular complexity index is 417. The van der Waals surface area contributed by atoms with E-state index < -0.39 is 0 Å². The summed E-state index contributed by atoms with van der Waals surface area (Å²) in [4.78, 5) is 7.91. The molecule has 0 aliphatic carbocycles. The van der Waals surface area contributed by atoms with E-state index in [2.05, 4.69) is 31.2 Å². The minimum absolute atomic E-state index is 0.790. The number of anilines is 2. The third kappa shape index (κ3) is 2.29. The van der Waals surface area contributed by atoms with E-state index in [1.54, 1.807) is 6.20 Å². The fourth-order valence-corrected chi connectivity index (χ4v) is 1.48. The molecule has 0 spiro atoms. The fraction of sp³-hybridized carbons (Fsp3) is 0. The van der Waals surface area contributed by atoms with Gasteiger partial charge in [-0.15, -0.1) is 0 Å². The number of nitrogens with one attached hydrogen (secondary N) is 1. The minimum atomic E-state index is 0.790. The van der Waals surface area contributed by atoms with Crippen LogP contribution in [0.15, 0.2) is 47.3 Å². The molecule has 3 nitrogen and oxygen atoms in total. The van der Waals surface area contributed by atoms with Crippen LogP contribution in [-0.2, 0) is 0 Å². The lowest BCUT2D eigenvalue weighted by Crippen LogP contribution is -1.92. The molecule has 2 aromatic rings. The van der Waals surface area contributed by atoms with Gasteiger partial charge in [0.1, 0.15) is 12.1 Å². The maximum absolute atomic E-state index is 4.07. The van der Waals surface area contributed by atoms with Crippen molar-refractivity contribution in [2.45, 2.75) is 0 Å². The van der Waals surface area contributed by atoms with Gasteiger partial charge in [0.05, 0.1) is 0 Å². The summed E-state index contributed by atoms with van der Waals surface area (Å²) in [6.07, 6.45) is 3.22. The summed E-state index contributed by atoms with van der Waals surface area (Å²) in [7, 11) is 0. The zero-order valence-electron chi connectivity index (χ0n) is 7.31. The summed E-state index contributed by atoms with van der Waals surface area (Å²) < 4.78 is 1.04. The fourth-order valence-electron chi connectivity index (χ4n) is 1.08. The van der Waals surface area contributed by atoms with Gasteiger partial charge in [0.15, 0.2) is 0 Å². The number of hydrogen-bond acceptors (Lipinski definition) is 3. The molecule has 0 bridgehead atoms. The van der Waals surface area contributed by atoms with Crippen molar-refractivity contribution in [3.8, 4) is 0 Å². The van der Waals surface area contributed by atoms with E-state index in [1.165, 1.54) is 6.33 Å². The van der Waals surface area contributed by atoms with Crippen LogP contribution < -0.4 is 5.32 Å². The van der Waals surface area contributed by atoms with Gasteiger partial charge in [-0.05, 0) is 24.3 Å². The second-order valence-corrected chi connectivity index (χ2v) is 3.65. The first-order chi connectivity index (χ1) is 6.84. The number of aromatic nitrogens is 2. The Labute approximate surface area is 90.3 Å². The van der Waals surface area contributed by atoms with E-state index in [0.717, 1.165) is 16.0 Å². The largest absolute Gasteiger partial charge is 0.340 e. The molecule has 1 N–H and O–H groups in total. The first kappa shape index (κ1) is 9.15. The molecule has 1 heterocycles. The SMILES string of the molecule is Brc1cccc(Nc2ccncn2)c1. The van der Waals surface area contributed by atoms with E-state index in [0.29, 0.717) is 0 Å². The molecule has 0 atom stereocenters. The van der Waals surface area contributed by atoms with Crippen molar-refractivity contribution in [1.29, 1.82) is 0 Å². The average Bonchev–Trinajstić information content (AvgIpc) is 2.19. The predicted molar refractivity (Wildman–Crippen MR) is 59.5 cm³/mol. The number of nitrogens with zero attached hydrogens (tertiary/aromatic N) is 2. The molecule has 0 unspecified atom stereocenters. The summed E-state index contributed by atoms with van der Waals surface area (Å²) in [5.74, 6) is 0.790. The van der Waals surface area contributed by atoms with Gasteiger partial charge in [-0.25, -0.2) is 9.97 Å². The highest BCUT2D eigenvalue weighted by molar-refractivity contribution is 9.10. The predicted octanol–water partition coefficient (Wildman–Crippen LogP) is 2.98. The molecular weight excluding hydrogens is 242 g/mol. The lowest BCUT2D eigenvalue weighted by Gasteiger charge is -2.04. The highest BCUT2D eigenvalue weighted by atomic mass is 79.9. The van der Waals surface area contributed by atoms with Crippen LogP contribution in [-0.4, -0.2) is 9.97 Å². The van der Waals surface area contributed by atoms with Crippen LogP contribution in [0.2, 0.25) is 0 Å². The Morgan fingerprint density at radius 2 is 2.14 bits per heavy atom. The van der Waals surface area contributed by atoms with Crippen LogP contribution in [0.5, 0.6) is 0 Å². The van der Waals surface area contributed by atoms with E-state index in [-0.39, 0.29) is 0 Å². The smallest absolute Gasteiger partial charge is 0.133 e. The standard InChI is InChI=1S/C10H8BrN3/c11-8-2-1-3-9(6-8)14-10-4-5-12-7-13-10/h1-7H,(H,12,13,14). The third-order valence-corrected chi connectivity index (χ3v) is 2.17. The Morgan fingerprint density at radius 1 is 1.21 bits per heavy atom. The van der Waals surface area contributed by atoms with Crippen LogP contribution in [0.4, 0.5) is 11.5 Å². The maximum Gasteiger partial charge on any atom is 0.133 e. The van der Waals surface area contributed by atoms with Gasteiger partial charge in [0, 0.05) is 16.4 Å². The molecule has 0 aliphatic heterocycles. The number of halogens is 1. The van der Waals surface area contributed by atoms with Gasteiger partial charge in [0.2, 0.25) is 0 Å². The number of rotatable bonds is 2. The van der Waals surface area contributed by atoms with E-state index in [4.69, 9.17) is 0 Å². The van der Waals surface area contributed by atoms with Crippen LogP contribution in [0, 0.1) is 0 Å². The summed E-state index contributed by atoms with van der Waals surface area (Å²) >= 11 is 3.40. The minimum Gasteiger partial charge on any atom is -0.340 e. The molecule has 4 heteroatoms. The Hall–Kier alpha value is -1.42. The van der Waals surface area contributed by atoms with Crippen LogP contribution in [0.25, 0.3) is 0 Å². The molecule has 1 aromatic heterocycles. The van der Waals surface area contributed by atoms with Gasteiger partial charge in [-0.1, -0.05) is 22.0 Å². The lowest BCUT2D eigenvalue weighted by molar-refractivity contribution is 1.17. The summed E-state index contributed by atoms with van der Waals surface area (Å²) in [5, 5.41) is 3.16. The zero-order valence-corrected chi connectivity index (χ0v) is 8.90. The van der Waals surface area contributed by atoms with Gasteiger partial charge >= 0.3 is 0 Å². The molecule has 0 saturated carbocycles. The van der Waals surface area contributed by atoms with Gasteiger partial charge in [-0.2, -0.15) is 0 Å². The monoisotopic (exact) mass is 249 g/mol. The molecule has 14 heavy (non-hydrogen) atoms. The molecular formula is C10H8BrN3. The van der Waals surface area contributed by atoms with Crippen molar-refractivity contribution >= 4 is 27.4 Å². The average molecular weight is 250 g/mol. The first-order valence-corrected chi connectivity index (χ1v) is 4.92. The van der Waals surface area contributed by atoms with Crippen molar-refractivity contribution < 1.29 is 0 Å². The highest BCUT2D eigenvalue weighted by Gasteiger charge is 1.94. The van der Waals surface area contributed by atoms with Crippen LogP contribution in [0.3, 0.4) is 0 Å². The summed E-state index contributed by atoms with van der Waals surface area (Å²) in [6.45, 7) is 0. The van der Waals surface area contributed by atoms with E-state index >= 15 is 0 Å². The molecule has 0 saturated heterocycles. The molecule has 2 rings (SSSR count). The number of hydrogen-bond donors (Lipinski definition) is 1. The van der Waals surface area contributed by atoms with Crippen molar-refractivity contribution in [3.63, 3.8) is 0 Å². The van der Waals surface area contributed by atoms with Crippen molar-refractivity contribution in [2.24, 2.45) is 0 Å². The third-order valence-electron chi connectivity index (χ3n) is 1.68. The molecule has 1 aromatic carbocycles. The van der Waals surface area contributed by atoms with E-state index in [9.17, 15) is 0 Å². The maximum atomic E-state index is 4.07. The van der Waals surface area contributed by atoms with Crippen molar-refractivity contribution in [1.82, 2.24) is 9.97 Å². The Balaban J connectivity index is 2.19. The first-order valence-electron chi connectivity index (χ1n) is 4.13. The number of benzene rings is 1. The Morgan fingerprint density at radius 3 is 2.86 bits per heavy atom. The quantitative estimate of drug-likeness (QED) is 0.890. The topological polar surface area (TPSA) is 37.8 Å². The molecule has 0 radical (unpaired) electrons. The van der Waals surface area contributed by atoms with Crippen molar-refractivity contribution in [3.05, 3.63) is 47.3 Å². The van der Waals surface area contributed by atoms with Gasteiger partial charge in [0.25, 0.3) is 0 Å². The van der Waals surface area contributed by atoms with Crippen molar-refractivity contribution in [2.75, 3.05) is 5.32 Å². The molecule has 0 amide bonds. The lowest BCUT2D eigenvalue weighted by atomic mass is 10.3. The molecule has 0 fully saturated rings. The normalized spacial score (nSPS) is 9.79. The van der Waals surface area contributed by atoms with Crippen LogP contribution in [0.1, 0.15) is 0 Å². The Kier molecular flexibility index (Phi) is 2.74. The second-order valence-electron chi connectivity index (χ2n) is 2.73.